The molecule has 2 bridgehead atoms. The molecular weight excluding hydrogens is 713 g/mol. The summed E-state index contributed by atoms with van der Waals surface area (Å²) in [4.78, 5) is 47.6. The lowest BCUT2D eigenvalue weighted by molar-refractivity contribution is -0.130. The summed E-state index contributed by atoms with van der Waals surface area (Å²) in [6, 6.07) is 41.7. The Morgan fingerprint density at radius 2 is 0.938 bits per heavy atom. The first-order chi connectivity index (χ1) is 23.4. The van der Waals surface area contributed by atoms with Crippen LogP contribution in [-0.4, -0.2) is 31.8 Å². The lowest BCUT2D eigenvalue weighted by atomic mass is 9.59. The number of ketones is 1. The Morgan fingerprint density at radius 3 is 1.33 bits per heavy atom. The van der Waals surface area contributed by atoms with E-state index in [9.17, 15) is 0 Å². The topological polar surface area (TPSA) is 72.9 Å². The van der Waals surface area contributed by atoms with Gasteiger partial charge in [-0.3, -0.25) is 14.4 Å². The van der Waals surface area contributed by atoms with Gasteiger partial charge < -0.3 is 9.47 Å². The van der Waals surface area contributed by atoms with Gasteiger partial charge in [-0.05, 0) is 92.4 Å². The minimum atomic E-state index is -1.48. The van der Waals surface area contributed by atoms with Gasteiger partial charge in [0.1, 0.15) is 11.5 Å². The van der Waals surface area contributed by atoms with Crippen molar-refractivity contribution in [2.45, 2.75) is 10.8 Å². The fourth-order valence-corrected chi connectivity index (χ4v) is 9.14. The molecule has 5 aromatic rings. The average molecular weight is 744 g/mol. The smallest absolute Gasteiger partial charge is 0.239 e. The lowest BCUT2D eigenvalue weighted by Crippen LogP contribution is -2.45. The van der Waals surface area contributed by atoms with Crippen molar-refractivity contribution in [2.24, 2.45) is 11.8 Å². The highest BCUT2D eigenvalue weighted by Crippen LogP contribution is 2.74. The van der Waals surface area contributed by atoms with E-state index in [2.05, 4.69) is 22.6 Å². The fraction of sp³-hybridized carbons (Fsp3) is 0.146. The largest absolute Gasteiger partial charge is 0.497 e. The first-order valence-electron chi connectivity index (χ1n) is 15.7. The Bertz CT molecular complexity index is 2000. The lowest BCUT2D eigenvalue weighted by Gasteiger charge is -2.39. The summed E-state index contributed by atoms with van der Waals surface area (Å²) in [7, 11) is 3.22. The number of fused-ring (bicyclic) bond motifs is 5. The number of anilines is 1. The molecule has 1 aliphatic heterocycles. The van der Waals surface area contributed by atoms with Crippen LogP contribution in [0.5, 0.6) is 11.5 Å². The van der Waals surface area contributed by atoms with Crippen molar-refractivity contribution in [3.63, 3.8) is 0 Å². The van der Waals surface area contributed by atoms with E-state index in [4.69, 9.17) is 9.47 Å². The summed E-state index contributed by atoms with van der Waals surface area (Å²) in [5.74, 6) is -1.55. The number of amides is 2. The molecule has 1 heterocycles. The highest BCUT2D eigenvalue weighted by Gasteiger charge is 2.82. The van der Waals surface area contributed by atoms with E-state index in [-0.39, 0.29) is 17.6 Å². The van der Waals surface area contributed by atoms with Crippen molar-refractivity contribution in [2.75, 3.05) is 19.1 Å². The molecule has 5 aromatic carbocycles. The van der Waals surface area contributed by atoms with Gasteiger partial charge in [-0.2, -0.15) is 0 Å². The monoisotopic (exact) mass is 743 g/mol. The molecule has 1 saturated carbocycles. The SMILES string of the molecule is COc1ccc(C2=C(c3ccc(OC)cc3)[C@@]3(c4ccccc4)C(=O)[C@@]2(c2ccccc2)[C@H]2C(=O)N(c4ccccc4I)C(=O)[C@@H]23)cc1. The molecular formula is C41H30INO5. The van der Waals surface area contributed by atoms with E-state index in [0.717, 1.165) is 25.8 Å². The standard InChI is InChI=1S/C41H30INO5/c1-47-29-21-17-25(18-22-29)33-34(26-19-23-30(48-2)24-20-26)41(28-13-7-4-8-14-28)36-35(40(33,39(41)46)27-11-5-3-6-12-27)37(44)43(38(36)45)32-16-10-9-15-31(32)42/h3-24,35-36H,1-2H3/t35-,36-,40-,41-/m1/s1. The van der Waals surface area contributed by atoms with Crippen LogP contribution in [0.15, 0.2) is 133 Å². The van der Waals surface area contributed by atoms with E-state index >= 15 is 14.4 Å². The Labute approximate surface area is 292 Å². The number of methoxy groups -OCH3 is 2. The third-order valence-electron chi connectivity index (χ3n) is 10.3. The zero-order valence-corrected chi connectivity index (χ0v) is 28.4. The van der Waals surface area contributed by atoms with Crippen molar-refractivity contribution in [1.29, 1.82) is 0 Å². The molecule has 7 heteroatoms. The number of allylic oxidation sites excluding steroid dienone is 2. The van der Waals surface area contributed by atoms with Crippen LogP contribution in [0.25, 0.3) is 11.1 Å². The second-order valence-electron chi connectivity index (χ2n) is 12.3. The number of halogens is 1. The van der Waals surface area contributed by atoms with Gasteiger partial charge in [-0.1, -0.05) is 97.1 Å². The maximum Gasteiger partial charge on any atom is 0.239 e. The number of hydrogen-bond donors (Lipinski definition) is 0. The first kappa shape index (κ1) is 30.3. The summed E-state index contributed by atoms with van der Waals surface area (Å²) < 4.78 is 11.8. The third-order valence-corrected chi connectivity index (χ3v) is 11.2. The van der Waals surface area contributed by atoms with Gasteiger partial charge in [0.15, 0.2) is 5.78 Å². The molecule has 8 rings (SSSR count). The molecule has 4 atom stereocenters. The summed E-state index contributed by atoms with van der Waals surface area (Å²) in [5.41, 5.74) is 1.94. The summed E-state index contributed by atoms with van der Waals surface area (Å²) in [6.45, 7) is 0. The Hall–Kier alpha value is -5.02. The van der Waals surface area contributed by atoms with Crippen molar-refractivity contribution >= 4 is 57.0 Å². The van der Waals surface area contributed by atoms with Crippen LogP contribution in [0.4, 0.5) is 5.69 Å². The minimum absolute atomic E-state index is 0.164. The van der Waals surface area contributed by atoms with Crippen LogP contribution in [0.3, 0.4) is 0 Å². The van der Waals surface area contributed by atoms with Crippen molar-refractivity contribution in [3.8, 4) is 11.5 Å². The van der Waals surface area contributed by atoms with Gasteiger partial charge in [0.25, 0.3) is 0 Å². The second-order valence-corrected chi connectivity index (χ2v) is 13.5. The number of nitrogens with zero attached hydrogens (tertiary/aromatic N) is 1. The van der Waals surface area contributed by atoms with Crippen molar-refractivity contribution < 1.29 is 23.9 Å². The second kappa shape index (κ2) is 11.3. The predicted molar refractivity (Wildman–Crippen MR) is 193 cm³/mol. The third kappa shape index (κ3) is 3.88. The van der Waals surface area contributed by atoms with E-state index in [1.165, 1.54) is 4.90 Å². The maximum absolute atomic E-state index is 16.0. The zero-order chi connectivity index (χ0) is 33.2. The molecule has 2 amide bonds. The number of carbonyl (C=O) groups excluding carboxylic acids is 3. The quantitative estimate of drug-likeness (QED) is 0.128. The van der Waals surface area contributed by atoms with Crippen LogP contribution in [-0.2, 0) is 25.2 Å². The number of imide groups is 1. The van der Waals surface area contributed by atoms with Gasteiger partial charge in [0.05, 0.1) is 42.6 Å². The molecule has 6 nitrogen and oxygen atoms in total. The molecule has 1 saturated heterocycles. The molecule has 0 unspecified atom stereocenters. The van der Waals surface area contributed by atoms with Gasteiger partial charge >= 0.3 is 0 Å². The highest BCUT2D eigenvalue weighted by atomic mass is 127. The van der Waals surface area contributed by atoms with Crippen LogP contribution >= 0.6 is 22.6 Å². The fourth-order valence-electron chi connectivity index (χ4n) is 8.51. The number of hydrogen-bond acceptors (Lipinski definition) is 5. The maximum atomic E-state index is 16.0. The van der Waals surface area contributed by atoms with Crippen LogP contribution in [0.2, 0.25) is 0 Å². The Morgan fingerprint density at radius 1 is 0.542 bits per heavy atom. The van der Waals surface area contributed by atoms with E-state index in [1.54, 1.807) is 20.3 Å². The number of benzene rings is 5. The van der Waals surface area contributed by atoms with Crippen molar-refractivity contribution in [1.82, 2.24) is 0 Å². The summed E-state index contributed by atoms with van der Waals surface area (Å²) >= 11 is 2.17. The molecule has 0 N–H and O–H groups in total. The predicted octanol–water partition coefficient (Wildman–Crippen LogP) is 7.50. The molecule has 236 valence electrons. The highest BCUT2D eigenvalue weighted by molar-refractivity contribution is 14.1. The normalized spacial score (nSPS) is 24.3. The van der Waals surface area contributed by atoms with E-state index < -0.39 is 22.7 Å². The Balaban J connectivity index is 1.55. The minimum Gasteiger partial charge on any atom is -0.497 e. The Kier molecular flexibility index (Phi) is 7.14. The van der Waals surface area contributed by atoms with E-state index in [1.807, 2.05) is 127 Å². The molecule has 3 aliphatic rings. The summed E-state index contributed by atoms with van der Waals surface area (Å²) in [6.07, 6.45) is 0. The van der Waals surface area contributed by atoms with Crippen LogP contribution in [0.1, 0.15) is 22.3 Å². The van der Waals surface area contributed by atoms with Gasteiger partial charge in [-0.25, -0.2) is 4.90 Å². The van der Waals surface area contributed by atoms with Gasteiger partial charge in [-0.15, -0.1) is 0 Å². The molecule has 2 fully saturated rings. The number of Topliss-reactive ketones (excluding diaryl/α,β-unsaturated/α-hetero) is 1. The number of para-hydroxylation sites is 1. The van der Waals surface area contributed by atoms with Crippen LogP contribution < -0.4 is 14.4 Å². The van der Waals surface area contributed by atoms with Crippen molar-refractivity contribution in [3.05, 3.63) is 159 Å². The molecule has 0 spiro atoms. The molecule has 0 radical (unpaired) electrons. The zero-order valence-electron chi connectivity index (χ0n) is 26.2. The molecule has 2 aliphatic carbocycles. The van der Waals surface area contributed by atoms with Crippen LogP contribution in [0, 0.1) is 15.4 Å². The number of carbonyl (C=O) groups is 3. The number of rotatable bonds is 7. The van der Waals surface area contributed by atoms with E-state index in [0.29, 0.717) is 28.3 Å². The van der Waals surface area contributed by atoms with Gasteiger partial charge in [0, 0.05) is 3.57 Å². The molecule has 48 heavy (non-hydrogen) atoms. The average Bonchev–Trinajstić information content (AvgIpc) is 3.64. The molecule has 0 aromatic heterocycles. The van der Waals surface area contributed by atoms with Gasteiger partial charge in [0.2, 0.25) is 11.8 Å². The first-order valence-corrected chi connectivity index (χ1v) is 16.8. The summed E-state index contributed by atoms with van der Waals surface area (Å²) in [5, 5.41) is 0. The number of ether oxygens (including phenoxy) is 2.